The van der Waals surface area contributed by atoms with Gasteiger partial charge in [0.05, 0.1) is 0 Å². The van der Waals surface area contributed by atoms with E-state index in [1.54, 1.807) is 17.0 Å². The van der Waals surface area contributed by atoms with Crippen molar-refractivity contribution in [3.05, 3.63) is 30.1 Å². The summed E-state index contributed by atoms with van der Waals surface area (Å²) in [5.74, 6) is -0.0829. The van der Waals surface area contributed by atoms with Crippen LogP contribution >= 0.6 is 0 Å². The van der Waals surface area contributed by atoms with Crippen molar-refractivity contribution in [2.75, 3.05) is 25.0 Å². The summed E-state index contributed by atoms with van der Waals surface area (Å²) in [7, 11) is 0. The minimum Gasteiger partial charge on any atom is -0.356 e. The third-order valence-corrected chi connectivity index (χ3v) is 3.79. The van der Waals surface area contributed by atoms with Gasteiger partial charge in [-0.1, -0.05) is 13.0 Å². The molecule has 1 aliphatic heterocycles. The number of nitrogens with zero attached hydrogens (tertiary/aromatic N) is 1. The number of piperidine rings is 1. The number of urea groups is 1. The molecule has 1 aromatic rings. The van der Waals surface area contributed by atoms with E-state index in [1.165, 1.54) is 12.1 Å². The molecule has 0 bridgehead atoms. The van der Waals surface area contributed by atoms with Crippen LogP contribution in [-0.4, -0.2) is 36.5 Å². The van der Waals surface area contributed by atoms with E-state index in [-0.39, 0.29) is 23.7 Å². The van der Waals surface area contributed by atoms with Crippen LogP contribution in [0.2, 0.25) is 0 Å². The summed E-state index contributed by atoms with van der Waals surface area (Å²) in [4.78, 5) is 25.2. The predicted molar refractivity (Wildman–Crippen MR) is 83.0 cm³/mol. The smallest absolute Gasteiger partial charge is 0.321 e. The number of amides is 3. The van der Waals surface area contributed by atoms with Gasteiger partial charge in [0.1, 0.15) is 5.82 Å². The van der Waals surface area contributed by atoms with E-state index in [4.69, 9.17) is 0 Å². The van der Waals surface area contributed by atoms with Crippen LogP contribution in [0, 0.1) is 11.7 Å². The van der Waals surface area contributed by atoms with Gasteiger partial charge in [0, 0.05) is 31.7 Å². The third kappa shape index (κ3) is 4.72. The van der Waals surface area contributed by atoms with Crippen LogP contribution in [0.15, 0.2) is 24.3 Å². The lowest BCUT2D eigenvalue weighted by atomic mass is 9.98. The number of rotatable bonds is 4. The fraction of sp³-hybridized carbons (Fsp3) is 0.500. The second kappa shape index (κ2) is 7.77. The standard InChI is InChI=1S/C16H22FN3O2/c1-2-15(21)18-10-12-5-4-8-20(11-12)16(22)19-14-7-3-6-13(17)9-14/h3,6-7,9,12H,2,4-5,8,10-11H2,1H3,(H,18,21)(H,19,22)/t12-/m1/s1. The van der Waals surface area contributed by atoms with E-state index in [0.29, 0.717) is 31.7 Å². The van der Waals surface area contributed by atoms with E-state index in [9.17, 15) is 14.0 Å². The first-order valence-electron chi connectivity index (χ1n) is 7.66. The Morgan fingerprint density at radius 1 is 1.41 bits per heavy atom. The summed E-state index contributed by atoms with van der Waals surface area (Å²) >= 11 is 0. The number of halogens is 1. The third-order valence-electron chi connectivity index (χ3n) is 3.79. The molecule has 1 aliphatic rings. The number of nitrogens with one attached hydrogen (secondary N) is 2. The Balaban J connectivity index is 1.85. The van der Waals surface area contributed by atoms with E-state index in [1.807, 2.05) is 6.92 Å². The van der Waals surface area contributed by atoms with Crippen molar-refractivity contribution < 1.29 is 14.0 Å². The van der Waals surface area contributed by atoms with E-state index >= 15 is 0 Å². The molecule has 22 heavy (non-hydrogen) atoms. The summed E-state index contributed by atoms with van der Waals surface area (Å²) in [6, 6.07) is 5.62. The Labute approximate surface area is 129 Å². The molecular formula is C16H22FN3O2. The first-order valence-corrected chi connectivity index (χ1v) is 7.66. The Morgan fingerprint density at radius 2 is 2.23 bits per heavy atom. The molecule has 1 aromatic carbocycles. The second-order valence-corrected chi connectivity index (χ2v) is 5.55. The highest BCUT2D eigenvalue weighted by Gasteiger charge is 2.23. The van der Waals surface area contributed by atoms with Crippen molar-refractivity contribution in [2.24, 2.45) is 5.92 Å². The molecule has 1 heterocycles. The van der Waals surface area contributed by atoms with Crippen LogP contribution in [0.1, 0.15) is 26.2 Å². The van der Waals surface area contributed by atoms with Crippen LogP contribution in [0.4, 0.5) is 14.9 Å². The van der Waals surface area contributed by atoms with Gasteiger partial charge in [0.15, 0.2) is 0 Å². The lowest BCUT2D eigenvalue weighted by Crippen LogP contribution is -2.45. The van der Waals surface area contributed by atoms with Gasteiger partial charge in [0.25, 0.3) is 0 Å². The normalized spacial score (nSPS) is 17.9. The zero-order chi connectivity index (χ0) is 15.9. The first kappa shape index (κ1) is 16.3. The van der Waals surface area contributed by atoms with Gasteiger partial charge < -0.3 is 15.5 Å². The van der Waals surface area contributed by atoms with Crippen molar-refractivity contribution in [1.29, 1.82) is 0 Å². The number of anilines is 1. The average molecular weight is 307 g/mol. The van der Waals surface area contributed by atoms with Gasteiger partial charge >= 0.3 is 6.03 Å². The lowest BCUT2D eigenvalue weighted by Gasteiger charge is -2.32. The minimum atomic E-state index is -0.378. The van der Waals surface area contributed by atoms with Crippen molar-refractivity contribution in [2.45, 2.75) is 26.2 Å². The molecule has 0 spiro atoms. The maximum atomic E-state index is 13.1. The number of carbonyl (C=O) groups is 2. The SMILES string of the molecule is CCC(=O)NC[C@H]1CCCN(C(=O)Nc2cccc(F)c2)C1. The molecule has 0 aromatic heterocycles. The van der Waals surface area contributed by atoms with Crippen molar-refractivity contribution in [3.63, 3.8) is 0 Å². The van der Waals surface area contributed by atoms with Gasteiger partial charge in [-0.2, -0.15) is 0 Å². The monoisotopic (exact) mass is 307 g/mol. The maximum Gasteiger partial charge on any atom is 0.321 e. The van der Waals surface area contributed by atoms with Gasteiger partial charge in [-0.05, 0) is 37.0 Å². The van der Waals surface area contributed by atoms with Crippen LogP contribution in [0.25, 0.3) is 0 Å². The van der Waals surface area contributed by atoms with Gasteiger partial charge in [-0.3, -0.25) is 4.79 Å². The fourth-order valence-corrected chi connectivity index (χ4v) is 2.57. The molecule has 120 valence electrons. The van der Waals surface area contributed by atoms with Crippen LogP contribution in [-0.2, 0) is 4.79 Å². The zero-order valence-corrected chi connectivity index (χ0v) is 12.8. The number of likely N-dealkylation sites (tertiary alicyclic amines) is 1. The summed E-state index contributed by atoms with van der Waals surface area (Å²) in [5.41, 5.74) is 0.450. The summed E-state index contributed by atoms with van der Waals surface area (Å²) in [6.07, 6.45) is 2.37. The second-order valence-electron chi connectivity index (χ2n) is 5.55. The Morgan fingerprint density at radius 3 is 2.95 bits per heavy atom. The molecule has 1 saturated heterocycles. The highest BCUT2D eigenvalue weighted by molar-refractivity contribution is 5.89. The first-order chi connectivity index (χ1) is 10.6. The fourth-order valence-electron chi connectivity index (χ4n) is 2.57. The van der Waals surface area contributed by atoms with Crippen molar-refractivity contribution in [3.8, 4) is 0 Å². The molecule has 3 amide bonds. The molecule has 0 unspecified atom stereocenters. The summed E-state index contributed by atoms with van der Waals surface area (Å²) in [5, 5.41) is 5.58. The van der Waals surface area contributed by atoms with E-state index in [0.717, 1.165) is 12.8 Å². The molecule has 2 rings (SSSR count). The molecule has 5 nitrogen and oxygen atoms in total. The topological polar surface area (TPSA) is 61.4 Å². The summed E-state index contributed by atoms with van der Waals surface area (Å²) in [6.45, 7) is 3.69. The van der Waals surface area contributed by atoms with E-state index < -0.39 is 0 Å². The van der Waals surface area contributed by atoms with Crippen LogP contribution in [0.3, 0.4) is 0 Å². The Bertz CT molecular complexity index is 536. The number of benzene rings is 1. The molecule has 6 heteroatoms. The minimum absolute atomic E-state index is 0.0290. The largest absolute Gasteiger partial charge is 0.356 e. The number of hydrogen-bond acceptors (Lipinski definition) is 2. The molecule has 2 N–H and O–H groups in total. The van der Waals surface area contributed by atoms with Gasteiger partial charge in [0.2, 0.25) is 5.91 Å². The van der Waals surface area contributed by atoms with Crippen molar-refractivity contribution in [1.82, 2.24) is 10.2 Å². The summed E-state index contributed by atoms with van der Waals surface area (Å²) < 4.78 is 13.1. The van der Waals surface area contributed by atoms with Gasteiger partial charge in [-0.15, -0.1) is 0 Å². The van der Waals surface area contributed by atoms with Gasteiger partial charge in [-0.25, -0.2) is 9.18 Å². The average Bonchev–Trinajstić information content (AvgIpc) is 2.53. The molecular weight excluding hydrogens is 285 g/mol. The van der Waals surface area contributed by atoms with Crippen LogP contribution < -0.4 is 10.6 Å². The van der Waals surface area contributed by atoms with Crippen molar-refractivity contribution >= 4 is 17.6 Å². The quantitative estimate of drug-likeness (QED) is 0.898. The lowest BCUT2D eigenvalue weighted by molar-refractivity contribution is -0.121. The predicted octanol–water partition coefficient (Wildman–Crippen LogP) is 2.60. The molecule has 0 radical (unpaired) electrons. The molecule has 1 fully saturated rings. The molecule has 0 saturated carbocycles. The zero-order valence-electron chi connectivity index (χ0n) is 12.8. The number of carbonyl (C=O) groups excluding carboxylic acids is 2. The molecule has 1 atom stereocenters. The highest BCUT2D eigenvalue weighted by Crippen LogP contribution is 2.17. The van der Waals surface area contributed by atoms with Crippen LogP contribution in [0.5, 0.6) is 0 Å². The Kier molecular flexibility index (Phi) is 5.75. The highest BCUT2D eigenvalue weighted by atomic mass is 19.1. The maximum absolute atomic E-state index is 13.1. The van der Waals surface area contributed by atoms with E-state index in [2.05, 4.69) is 10.6 Å². The Hall–Kier alpha value is -2.11. The molecule has 0 aliphatic carbocycles. The number of hydrogen-bond donors (Lipinski definition) is 2.